The molecule has 0 bridgehead atoms. The summed E-state index contributed by atoms with van der Waals surface area (Å²) in [6.45, 7) is 1.04. The van der Waals surface area contributed by atoms with Crippen molar-refractivity contribution in [2.24, 2.45) is 0 Å². The summed E-state index contributed by atoms with van der Waals surface area (Å²) in [7, 11) is 5.52. The molecular formula is C23H29BrN4O3. The number of pyridine rings is 1. The van der Waals surface area contributed by atoms with E-state index in [0.717, 1.165) is 48.2 Å². The van der Waals surface area contributed by atoms with Gasteiger partial charge in [-0.2, -0.15) is 0 Å². The molecule has 2 N–H and O–H groups in total. The molecule has 2 heterocycles. The first-order chi connectivity index (χ1) is 14.9. The Morgan fingerprint density at radius 1 is 1.19 bits per heavy atom. The van der Waals surface area contributed by atoms with Crippen LogP contribution in [0.1, 0.15) is 31.2 Å². The lowest BCUT2D eigenvalue weighted by Crippen LogP contribution is -2.52. The predicted molar refractivity (Wildman–Crippen MR) is 124 cm³/mol. The highest BCUT2D eigenvalue weighted by Gasteiger charge is 2.50. The Balaban J connectivity index is 1.48. The van der Waals surface area contributed by atoms with Gasteiger partial charge in [0.15, 0.2) is 11.5 Å². The van der Waals surface area contributed by atoms with Crippen molar-refractivity contribution in [3.05, 3.63) is 46.7 Å². The van der Waals surface area contributed by atoms with Gasteiger partial charge in [-0.05, 0) is 79.0 Å². The smallest absolute Gasteiger partial charge is 0.319 e. The average Bonchev–Trinajstić information content (AvgIpc) is 3.10. The largest absolute Gasteiger partial charge is 0.493 e. The van der Waals surface area contributed by atoms with Crippen molar-refractivity contribution < 1.29 is 14.3 Å². The van der Waals surface area contributed by atoms with Crippen molar-refractivity contribution in [1.82, 2.24) is 15.2 Å². The number of benzene rings is 1. The molecule has 2 fully saturated rings. The molecule has 1 saturated carbocycles. The molecule has 8 heteroatoms. The van der Waals surface area contributed by atoms with Crippen LogP contribution in [-0.2, 0) is 5.41 Å². The first-order valence-corrected chi connectivity index (χ1v) is 11.4. The summed E-state index contributed by atoms with van der Waals surface area (Å²) in [6, 6.07) is 8.43. The lowest BCUT2D eigenvalue weighted by molar-refractivity contribution is 0.156. The molecule has 1 aromatic carbocycles. The number of likely N-dealkylation sites (tertiary alicyclic amines) is 1. The van der Waals surface area contributed by atoms with Gasteiger partial charge in [0, 0.05) is 28.2 Å². The van der Waals surface area contributed by atoms with Gasteiger partial charge in [-0.25, -0.2) is 4.79 Å². The minimum absolute atomic E-state index is 0.0666. The molecule has 31 heavy (non-hydrogen) atoms. The van der Waals surface area contributed by atoms with Crippen LogP contribution >= 0.6 is 15.9 Å². The Kier molecular flexibility index (Phi) is 6.39. The molecule has 2 aromatic rings. The Morgan fingerprint density at radius 2 is 2.00 bits per heavy atom. The lowest BCUT2D eigenvalue weighted by Gasteiger charge is -2.45. The van der Waals surface area contributed by atoms with Gasteiger partial charge in [-0.15, -0.1) is 0 Å². The van der Waals surface area contributed by atoms with E-state index in [-0.39, 0.29) is 17.5 Å². The number of carbonyl (C=O) groups is 1. The molecule has 0 radical (unpaired) electrons. The lowest BCUT2D eigenvalue weighted by atomic mass is 9.65. The summed E-state index contributed by atoms with van der Waals surface area (Å²) in [5.74, 6) is 1.52. The SMILES string of the molecule is COc1ccc([C@@]23CC[C@H](NC(=O)Nc4cncc(Br)c4)C[C@H]2N(C)CC3)cc1OC. The predicted octanol–water partition coefficient (Wildman–Crippen LogP) is 4.18. The van der Waals surface area contributed by atoms with Crippen molar-refractivity contribution in [1.29, 1.82) is 0 Å². The van der Waals surface area contributed by atoms with Crippen molar-refractivity contribution in [3.8, 4) is 11.5 Å². The normalized spacial score (nSPS) is 25.5. The second-order valence-electron chi connectivity index (χ2n) is 8.43. The number of nitrogens with one attached hydrogen (secondary N) is 2. The Bertz CT molecular complexity index is 956. The summed E-state index contributed by atoms with van der Waals surface area (Å²) in [4.78, 5) is 19.1. The molecule has 2 aliphatic rings. The number of hydrogen-bond donors (Lipinski definition) is 2. The number of carbonyl (C=O) groups excluding carboxylic acids is 1. The van der Waals surface area contributed by atoms with E-state index in [1.54, 1.807) is 26.6 Å². The minimum Gasteiger partial charge on any atom is -0.493 e. The number of rotatable bonds is 5. The van der Waals surface area contributed by atoms with Crippen LogP contribution in [0.25, 0.3) is 0 Å². The third-order valence-electron chi connectivity index (χ3n) is 6.78. The van der Waals surface area contributed by atoms with Crippen LogP contribution in [0.2, 0.25) is 0 Å². The Hall–Kier alpha value is -2.32. The van der Waals surface area contributed by atoms with Crippen LogP contribution in [-0.4, -0.2) is 55.8 Å². The second kappa shape index (κ2) is 9.04. The number of fused-ring (bicyclic) bond motifs is 1. The van der Waals surface area contributed by atoms with Crippen LogP contribution in [0.3, 0.4) is 0 Å². The minimum atomic E-state index is -0.191. The number of halogens is 1. The molecule has 1 saturated heterocycles. The standard InChI is InChI=1S/C23H29BrN4O3/c1-28-9-8-23(15-4-5-19(30-2)20(10-15)31-3)7-6-17(12-21(23)28)26-22(29)27-18-11-16(24)13-25-14-18/h4-5,10-11,13-14,17,21H,6-9,12H2,1-3H3,(H2,26,27,29)/t17-,21+,23-/m0/s1. The van der Waals surface area contributed by atoms with Gasteiger partial charge in [0.1, 0.15) is 0 Å². The summed E-state index contributed by atoms with van der Waals surface area (Å²) < 4.78 is 11.8. The summed E-state index contributed by atoms with van der Waals surface area (Å²) >= 11 is 3.38. The number of amides is 2. The molecule has 1 aliphatic heterocycles. The van der Waals surface area contributed by atoms with Gasteiger partial charge in [0.25, 0.3) is 0 Å². The zero-order valence-corrected chi connectivity index (χ0v) is 19.7. The summed E-state index contributed by atoms with van der Waals surface area (Å²) in [5.41, 5.74) is 2.03. The van der Waals surface area contributed by atoms with Crippen LogP contribution in [0, 0.1) is 0 Å². The van der Waals surface area contributed by atoms with Crippen molar-refractivity contribution in [3.63, 3.8) is 0 Å². The first kappa shape index (κ1) is 21.9. The van der Waals surface area contributed by atoms with E-state index in [9.17, 15) is 4.79 Å². The fraction of sp³-hybridized carbons (Fsp3) is 0.478. The fourth-order valence-electron chi connectivity index (χ4n) is 5.23. The number of nitrogens with zero attached hydrogens (tertiary/aromatic N) is 2. The average molecular weight is 489 g/mol. The molecular weight excluding hydrogens is 460 g/mol. The van der Waals surface area contributed by atoms with Crippen LogP contribution in [0.15, 0.2) is 41.1 Å². The van der Waals surface area contributed by atoms with E-state index >= 15 is 0 Å². The molecule has 166 valence electrons. The number of methoxy groups -OCH3 is 2. The van der Waals surface area contributed by atoms with Crippen molar-refractivity contribution >= 4 is 27.6 Å². The van der Waals surface area contributed by atoms with Gasteiger partial charge < -0.3 is 25.0 Å². The molecule has 0 spiro atoms. The van der Waals surface area contributed by atoms with E-state index in [4.69, 9.17) is 9.47 Å². The number of aromatic nitrogens is 1. The third-order valence-corrected chi connectivity index (χ3v) is 7.22. The Labute approximate surface area is 191 Å². The number of ether oxygens (including phenoxy) is 2. The molecule has 7 nitrogen and oxygen atoms in total. The van der Waals surface area contributed by atoms with E-state index in [2.05, 4.69) is 55.6 Å². The van der Waals surface area contributed by atoms with Crippen molar-refractivity contribution in [2.75, 3.05) is 33.1 Å². The summed E-state index contributed by atoms with van der Waals surface area (Å²) in [5, 5.41) is 6.05. The van der Waals surface area contributed by atoms with Crippen LogP contribution < -0.4 is 20.1 Å². The zero-order valence-electron chi connectivity index (χ0n) is 18.2. The molecule has 0 unspecified atom stereocenters. The van der Waals surface area contributed by atoms with E-state index in [0.29, 0.717) is 11.7 Å². The van der Waals surface area contributed by atoms with Gasteiger partial charge in [0.05, 0.1) is 26.1 Å². The van der Waals surface area contributed by atoms with Crippen molar-refractivity contribution in [2.45, 2.75) is 43.2 Å². The number of likely N-dealkylation sites (N-methyl/N-ethyl adjacent to an activating group) is 1. The zero-order chi connectivity index (χ0) is 22.0. The van der Waals surface area contributed by atoms with Gasteiger partial charge in [-0.3, -0.25) is 4.98 Å². The number of hydrogen-bond acceptors (Lipinski definition) is 5. The fourth-order valence-corrected chi connectivity index (χ4v) is 5.59. The van der Waals surface area contributed by atoms with Crippen LogP contribution in [0.4, 0.5) is 10.5 Å². The maximum Gasteiger partial charge on any atom is 0.319 e. The monoisotopic (exact) mass is 488 g/mol. The number of urea groups is 1. The van der Waals surface area contributed by atoms with Gasteiger partial charge in [0.2, 0.25) is 0 Å². The van der Waals surface area contributed by atoms with Crippen LogP contribution in [0.5, 0.6) is 11.5 Å². The highest BCUT2D eigenvalue weighted by molar-refractivity contribution is 9.10. The van der Waals surface area contributed by atoms with E-state index in [1.807, 2.05) is 12.1 Å². The second-order valence-corrected chi connectivity index (χ2v) is 9.35. The van der Waals surface area contributed by atoms with Gasteiger partial charge >= 0.3 is 6.03 Å². The third kappa shape index (κ3) is 4.36. The molecule has 1 aromatic heterocycles. The molecule has 2 amide bonds. The maximum absolute atomic E-state index is 12.6. The van der Waals surface area contributed by atoms with E-state index < -0.39 is 0 Å². The highest BCUT2D eigenvalue weighted by Crippen LogP contribution is 2.49. The van der Waals surface area contributed by atoms with Gasteiger partial charge in [-0.1, -0.05) is 6.07 Å². The molecule has 4 rings (SSSR count). The topological polar surface area (TPSA) is 75.7 Å². The molecule has 1 aliphatic carbocycles. The maximum atomic E-state index is 12.6. The highest BCUT2D eigenvalue weighted by atomic mass is 79.9. The quantitative estimate of drug-likeness (QED) is 0.660. The first-order valence-electron chi connectivity index (χ1n) is 10.6. The number of anilines is 1. The summed E-state index contributed by atoms with van der Waals surface area (Å²) in [6.07, 6.45) is 7.29. The van der Waals surface area contributed by atoms with E-state index in [1.165, 1.54) is 5.56 Å². The Morgan fingerprint density at radius 3 is 2.74 bits per heavy atom. The molecule has 3 atom stereocenters.